The predicted molar refractivity (Wildman–Crippen MR) is 71.1 cm³/mol. The van der Waals surface area contributed by atoms with Crippen molar-refractivity contribution in [2.75, 3.05) is 5.73 Å². The van der Waals surface area contributed by atoms with Gasteiger partial charge in [-0.2, -0.15) is 4.98 Å². The van der Waals surface area contributed by atoms with E-state index in [9.17, 15) is 4.79 Å². The van der Waals surface area contributed by atoms with E-state index in [4.69, 9.17) is 33.5 Å². The Morgan fingerprint density at radius 3 is 2.79 bits per heavy atom. The standard InChI is InChI=1S/C11H10Cl2N4O2/c1-5-16-9(19-17-5)4-15-11(18)6-2-7(12)10(13)8(14)3-6/h2-3H,4,14H2,1H3,(H,15,18). The molecule has 0 saturated heterocycles. The van der Waals surface area contributed by atoms with Gasteiger partial charge in [0.15, 0.2) is 5.82 Å². The van der Waals surface area contributed by atoms with E-state index in [0.29, 0.717) is 17.3 Å². The fourth-order valence-electron chi connectivity index (χ4n) is 1.41. The summed E-state index contributed by atoms with van der Waals surface area (Å²) in [5.74, 6) is 0.461. The van der Waals surface area contributed by atoms with Gasteiger partial charge in [-0.3, -0.25) is 4.79 Å². The number of anilines is 1. The lowest BCUT2D eigenvalue weighted by molar-refractivity contribution is 0.0946. The van der Waals surface area contributed by atoms with Crippen LogP contribution in [0.5, 0.6) is 0 Å². The lowest BCUT2D eigenvalue weighted by Crippen LogP contribution is -2.23. The third-order valence-electron chi connectivity index (χ3n) is 2.29. The summed E-state index contributed by atoms with van der Waals surface area (Å²) in [6, 6.07) is 2.89. The van der Waals surface area contributed by atoms with E-state index >= 15 is 0 Å². The van der Waals surface area contributed by atoms with Gasteiger partial charge >= 0.3 is 0 Å². The molecule has 0 unspecified atom stereocenters. The van der Waals surface area contributed by atoms with Gasteiger partial charge in [-0.1, -0.05) is 28.4 Å². The number of rotatable bonds is 3. The highest BCUT2D eigenvalue weighted by Crippen LogP contribution is 2.29. The first-order valence-corrected chi connectivity index (χ1v) is 6.05. The van der Waals surface area contributed by atoms with Crippen molar-refractivity contribution in [2.45, 2.75) is 13.5 Å². The maximum atomic E-state index is 11.9. The molecule has 0 aliphatic carbocycles. The Balaban J connectivity index is 2.08. The van der Waals surface area contributed by atoms with Gasteiger partial charge in [-0.15, -0.1) is 0 Å². The number of halogens is 2. The van der Waals surface area contributed by atoms with Crippen molar-refractivity contribution >= 4 is 34.8 Å². The molecule has 0 aliphatic rings. The van der Waals surface area contributed by atoms with E-state index in [-0.39, 0.29) is 28.2 Å². The van der Waals surface area contributed by atoms with Crippen molar-refractivity contribution in [3.63, 3.8) is 0 Å². The fraction of sp³-hybridized carbons (Fsp3) is 0.182. The summed E-state index contributed by atoms with van der Waals surface area (Å²) in [6.45, 7) is 1.81. The number of hydrogen-bond donors (Lipinski definition) is 2. The molecule has 2 aromatic rings. The average Bonchev–Trinajstić information content (AvgIpc) is 2.78. The monoisotopic (exact) mass is 300 g/mol. The fourth-order valence-corrected chi connectivity index (χ4v) is 1.75. The first kappa shape index (κ1) is 13.6. The smallest absolute Gasteiger partial charge is 0.251 e. The molecule has 0 bridgehead atoms. The van der Waals surface area contributed by atoms with Crippen molar-refractivity contribution in [1.82, 2.24) is 15.5 Å². The zero-order valence-corrected chi connectivity index (χ0v) is 11.4. The van der Waals surface area contributed by atoms with Crippen molar-refractivity contribution in [2.24, 2.45) is 0 Å². The summed E-state index contributed by atoms with van der Waals surface area (Å²) in [5.41, 5.74) is 6.18. The van der Waals surface area contributed by atoms with Crippen molar-refractivity contribution in [1.29, 1.82) is 0 Å². The summed E-state index contributed by atoms with van der Waals surface area (Å²) in [5, 5.41) is 6.67. The number of aromatic nitrogens is 2. The summed E-state index contributed by atoms with van der Waals surface area (Å²) in [4.78, 5) is 15.8. The Morgan fingerprint density at radius 2 is 2.21 bits per heavy atom. The minimum atomic E-state index is -0.360. The molecule has 1 amide bonds. The van der Waals surface area contributed by atoms with Crippen LogP contribution in [-0.2, 0) is 6.54 Å². The lowest BCUT2D eigenvalue weighted by atomic mass is 10.2. The molecule has 0 atom stereocenters. The molecule has 0 aliphatic heterocycles. The Labute approximate surface area is 118 Å². The van der Waals surface area contributed by atoms with E-state index in [1.54, 1.807) is 6.92 Å². The van der Waals surface area contributed by atoms with Crippen LogP contribution in [0.2, 0.25) is 10.0 Å². The number of nitrogens with two attached hydrogens (primary N) is 1. The second-order valence-electron chi connectivity index (χ2n) is 3.78. The maximum absolute atomic E-state index is 11.9. The molecule has 0 spiro atoms. The van der Waals surface area contributed by atoms with Crippen LogP contribution in [-0.4, -0.2) is 16.0 Å². The largest absolute Gasteiger partial charge is 0.397 e. The van der Waals surface area contributed by atoms with Crippen LogP contribution in [0.1, 0.15) is 22.1 Å². The molecule has 1 heterocycles. The molecule has 0 fully saturated rings. The van der Waals surface area contributed by atoms with Crippen LogP contribution in [0.15, 0.2) is 16.7 Å². The molecule has 1 aromatic heterocycles. The summed E-state index contributed by atoms with van der Waals surface area (Å²) >= 11 is 11.7. The molecule has 2 rings (SSSR count). The van der Waals surface area contributed by atoms with Crippen LogP contribution >= 0.6 is 23.2 Å². The first-order chi connectivity index (χ1) is 8.97. The van der Waals surface area contributed by atoms with Gasteiger partial charge in [-0.05, 0) is 19.1 Å². The van der Waals surface area contributed by atoms with Gasteiger partial charge in [0.2, 0.25) is 5.89 Å². The summed E-state index contributed by atoms with van der Waals surface area (Å²) in [6.07, 6.45) is 0. The van der Waals surface area contributed by atoms with Crippen LogP contribution < -0.4 is 11.1 Å². The molecule has 6 nitrogen and oxygen atoms in total. The van der Waals surface area contributed by atoms with Crippen molar-refractivity contribution in [3.8, 4) is 0 Å². The zero-order chi connectivity index (χ0) is 14.0. The average molecular weight is 301 g/mol. The Morgan fingerprint density at radius 1 is 1.47 bits per heavy atom. The third-order valence-corrected chi connectivity index (χ3v) is 3.10. The number of amides is 1. The molecular weight excluding hydrogens is 291 g/mol. The highest BCUT2D eigenvalue weighted by molar-refractivity contribution is 6.43. The minimum Gasteiger partial charge on any atom is -0.397 e. The lowest BCUT2D eigenvalue weighted by Gasteiger charge is -2.06. The highest BCUT2D eigenvalue weighted by Gasteiger charge is 2.12. The normalized spacial score (nSPS) is 10.5. The van der Waals surface area contributed by atoms with Crippen LogP contribution in [0.4, 0.5) is 5.69 Å². The Bertz CT molecular complexity index is 604. The molecule has 0 saturated carbocycles. The van der Waals surface area contributed by atoms with Gasteiger partial charge in [0.05, 0.1) is 22.3 Å². The van der Waals surface area contributed by atoms with Gasteiger partial charge in [0, 0.05) is 5.56 Å². The molecule has 3 N–H and O–H groups in total. The van der Waals surface area contributed by atoms with E-state index in [2.05, 4.69) is 15.5 Å². The van der Waals surface area contributed by atoms with Gasteiger partial charge in [0.1, 0.15) is 0 Å². The highest BCUT2D eigenvalue weighted by atomic mass is 35.5. The van der Waals surface area contributed by atoms with E-state index in [1.807, 2.05) is 0 Å². The molecular formula is C11H10Cl2N4O2. The maximum Gasteiger partial charge on any atom is 0.251 e. The van der Waals surface area contributed by atoms with Crippen LogP contribution in [0.25, 0.3) is 0 Å². The number of carbonyl (C=O) groups is 1. The SMILES string of the molecule is Cc1noc(CNC(=O)c2cc(N)c(Cl)c(Cl)c2)n1. The van der Waals surface area contributed by atoms with E-state index < -0.39 is 0 Å². The third kappa shape index (κ3) is 3.15. The molecule has 1 aromatic carbocycles. The summed E-state index contributed by atoms with van der Waals surface area (Å²) in [7, 11) is 0. The molecule has 0 radical (unpaired) electrons. The first-order valence-electron chi connectivity index (χ1n) is 5.29. The van der Waals surface area contributed by atoms with Gasteiger partial charge < -0.3 is 15.6 Å². The Kier molecular flexibility index (Phi) is 3.92. The number of benzene rings is 1. The van der Waals surface area contributed by atoms with Crippen molar-refractivity contribution < 1.29 is 9.32 Å². The number of nitrogens with zero attached hydrogens (tertiary/aromatic N) is 2. The van der Waals surface area contributed by atoms with E-state index in [0.717, 1.165) is 0 Å². The minimum absolute atomic E-state index is 0.125. The van der Waals surface area contributed by atoms with Crippen LogP contribution in [0.3, 0.4) is 0 Å². The Hall–Kier alpha value is -1.79. The van der Waals surface area contributed by atoms with Crippen molar-refractivity contribution in [3.05, 3.63) is 39.5 Å². The number of aryl methyl sites for hydroxylation is 1. The second kappa shape index (κ2) is 5.46. The number of nitrogens with one attached hydrogen (secondary N) is 1. The predicted octanol–water partition coefficient (Wildman–Crippen LogP) is 2.20. The van der Waals surface area contributed by atoms with Crippen LogP contribution in [0, 0.1) is 6.92 Å². The molecule has 100 valence electrons. The topological polar surface area (TPSA) is 94.0 Å². The zero-order valence-electron chi connectivity index (χ0n) is 9.91. The second-order valence-corrected chi connectivity index (χ2v) is 4.56. The molecule has 19 heavy (non-hydrogen) atoms. The quantitative estimate of drug-likeness (QED) is 0.847. The van der Waals surface area contributed by atoms with Gasteiger partial charge in [0.25, 0.3) is 5.91 Å². The number of hydrogen-bond acceptors (Lipinski definition) is 5. The molecule has 8 heteroatoms. The van der Waals surface area contributed by atoms with E-state index in [1.165, 1.54) is 12.1 Å². The summed E-state index contributed by atoms with van der Waals surface area (Å²) < 4.78 is 4.87. The number of nitrogen functional groups attached to an aromatic ring is 1. The number of carbonyl (C=O) groups excluding carboxylic acids is 1. The van der Waals surface area contributed by atoms with Gasteiger partial charge in [-0.25, -0.2) is 0 Å².